The Labute approximate surface area is 130 Å². The maximum absolute atomic E-state index is 11.9. The van der Waals surface area contributed by atoms with Crippen LogP contribution in [0.4, 0.5) is 10.5 Å². The van der Waals surface area contributed by atoms with E-state index >= 15 is 0 Å². The van der Waals surface area contributed by atoms with Crippen molar-refractivity contribution in [3.63, 3.8) is 0 Å². The highest BCUT2D eigenvalue weighted by molar-refractivity contribution is 9.10. The standard InChI is InChI=1S/C13H16BrClN2O3/c1-3-7(2)11(12(18)19)17-13(20)16-10-6-8(15)4-5-9(10)14/h4-7,11H,3H2,1-2H3,(H,18,19)(H2,16,17,20)/t7?,11-/m0/s1. The van der Waals surface area contributed by atoms with E-state index in [2.05, 4.69) is 26.6 Å². The van der Waals surface area contributed by atoms with Crippen LogP contribution >= 0.6 is 27.5 Å². The molecule has 110 valence electrons. The summed E-state index contributed by atoms with van der Waals surface area (Å²) < 4.78 is 0.660. The zero-order valence-electron chi connectivity index (χ0n) is 11.1. The van der Waals surface area contributed by atoms with Gasteiger partial charge in [0.2, 0.25) is 0 Å². The van der Waals surface area contributed by atoms with Gasteiger partial charge in [-0.05, 0) is 40.0 Å². The molecule has 0 fully saturated rings. The van der Waals surface area contributed by atoms with Crippen molar-refractivity contribution in [2.24, 2.45) is 5.92 Å². The molecule has 0 heterocycles. The van der Waals surface area contributed by atoms with Crippen LogP contribution in [0.2, 0.25) is 5.02 Å². The molecule has 7 heteroatoms. The molecule has 20 heavy (non-hydrogen) atoms. The van der Waals surface area contributed by atoms with E-state index in [1.54, 1.807) is 25.1 Å². The molecule has 1 aromatic rings. The van der Waals surface area contributed by atoms with Crippen molar-refractivity contribution < 1.29 is 14.7 Å². The number of anilines is 1. The molecule has 0 bridgehead atoms. The van der Waals surface area contributed by atoms with Gasteiger partial charge in [0.15, 0.2) is 0 Å². The number of carboxylic acid groups (broad SMARTS) is 1. The summed E-state index contributed by atoms with van der Waals surface area (Å²) in [6, 6.07) is 3.43. The molecule has 2 atom stereocenters. The van der Waals surface area contributed by atoms with Crippen LogP contribution < -0.4 is 10.6 Å². The molecule has 0 radical (unpaired) electrons. The van der Waals surface area contributed by atoms with Crippen LogP contribution in [-0.4, -0.2) is 23.1 Å². The van der Waals surface area contributed by atoms with E-state index in [0.717, 1.165) is 0 Å². The van der Waals surface area contributed by atoms with Gasteiger partial charge in [-0.25, -0.2) is 9.59 Å². The second-order valence-corrected chi connectivity index (χ2v) is 5.71. The summed E-state index contributed by atoms with van der Waals surface area (Å²) in [7, 11) is 0. The fraction of sp³-hybridized carbons (Fsp3) is 0.385. The number of carbonyl (C=O) groups excluding carboxylic acids is 1. The molecular formula is C13H16BrClN2O3. The Hall–Kier alpha value is -1.27. The third kappa shape index (κ3) is 4.68. The van der Waals surface area contributed by atoms with Crippen LogP contribution in [0.1, 0.15) is 20.3 Å². The Bertz CT molecular complexity index is 510. The molecule has 0 aliphatic carbocycles. The SMILES string of the molecule is CCC(C)[C@H](NC(=O)Nc1cc(Cl)ccc1Br)C(=O)O. The van der Waals surface area contributed by atoms with Crippen LogP contribution in [0.3, 0.4) is 0 Å². The van der Waals surface area contributed by atoms with E-state index in [9.17, 15) is 9.59 Å². The summed E-state index contributed by atoms with van der Waals surface area (Å²) >= 11 is 9.12. The van der Waals surface area contributed by atoms with Crippen molar-refractivity contribution in [3.05, 3.63) is 27.7 Å². The topological polar surface area (TPSA) is 78.4 Å². The predicted octanol–water partition coefficient (Wildman–Crippen LogP) is 3.72. The first-order chi connectivity index (χ1) is 9.35. The van der Waals surface area contributed by atoms with Crippen molar-refractivity contribution >= 4 is 45.2 Å². The molecule has 0 spiro atoms. The highest BCUT2D eigenvalue weighted by atomic mass is 79.9. The molecule has 1 aromatic carbocycles. The zero-order chi connectivity index (χ0) is 15.3. The van der Waals surface area contributed by atoms with Gasteiger partial charge in [-0.3, -0.25) is 0 Å². The summed E-state index contributed by atoms with van der Waals surface area (Å²) in [4.78, 5) is 23.0. The number of aliphatic carboxylic acids is 1. The molecular weight excluding hydrogens is 348 g/mol. The quantitative estimate of drug-likeness (QED) is 0.746. The van der Waals surface area contributed by atoms with Crippen molar-refractivity contribution in [2.45, 2.75) is 26.3 Å². The lowest BCUT2D eigenvalue weighted by Gasteiger charge is -2.20. The summed E-state index contributed by atoms with van der Waals surface area (Å²) in [5.41, 5.74) is 0.475. The minimum atomic E-state index is -1.06. The third-order valence-electron chi connectivity index (χ3n) is 2.94. The molecule has 0 saturated carbocycles. The molecule has 2 amide bonds. The number of hydrogen-bond donors (Lipinski definition) is 3. The smallest absolute Gasteiger partial charge is 0.326 e. The van der Waals surface area contributed by atoms with Crippen molar-refractivity contribution in [1.82, 2.24) is 5.32 Å². The monoisotopic (exact) mass is 362 g/mol. The van der Waals surface area contributed by atoms with E-state index in [-0.39, 0.29) is 5.92 Å². The van der Waals surface area contributed by atoms with Gasteiger partial charge in [-0.15, -0.1) is 0 Å². The number of nitrogens with one attached hydrogen (secondary N) is 2. The molecule has 0 saturated heterocycles. The van der Waals surface area contributed by atoms with Gasteiger partial charge in [0.25, 0.3) is 0 Å². The second kappa shape index (κ2) is 7.50. The van der Waals surface area contributed by atoms with Crippen molar-refractivity contribution in [1.29, 1.82) is 0 Å². The number of urea groups is 1. The van der Waals surface area contributed by atoms with Crippen LogP contribution in [0, 0.1) is 5.92 Å². The van der Waals surface area contributed by atoms with Gasteiger partial charge in [0, 0.05) is 9.50 Å². The van der Waals surface area contributed by atoms with Gasteiger partial charge in [0.1, 0.15) is 6.04 Å². The van der Waals surface area contributed by atoms with Crippen molar-refractivity contribution in [2.75, 3.05) is 5.32 Å². The lowest BCUT2D eigenvalue weighted by molar-refractivity contribution is -0.140. The molecule has 1 rings (SSSR count). The number of rotatable bonds is 5. The van der Waals surface area contributed by atoms with Gasteiger partial charge in [-0.2, -0.15) is 0 Å². The minimum Gasteiger partial charge on any atom is -0.480 e. The summed E-state index contributed by atoms with van der Waals surface area (Å²) in [6.07, 6.45) is 0.651. The Balaban J connectivity index is 2.75. The molecule has 0 aliphatic heterocycles. The van der Waals surface area contributed by atoms with Gasteiger partial charge < -0.3 is 15.7 Å². The first-order valence-electron chi connectivity index (χ1n) is 6.10. The fourth-order valence-corrected chi connectivity index (χ4v) is 2.09. The fourth-order valence-electron chi connectivity index (χ4n) is 1.58. The number of carboxylic acids is 1. The van der Waals surface area contributed by atoms with Gasteiger partial charge in [0.05, 0.1) is 5.69 Å². The highest BCUT2D eigenvalue weighted by Crippen LogP contribution is 2.25. The second-order valence-electron chi connectivity index (χ2n) is 4.42. The average Bonchev–Trinajstić information content (AvgIpc) is 2.39. The normalized spacial score (nSPS) is 13.4. The van der Waals surface area contributed by atoms with Crippen LogP contribution in [0.5, 0.6) is 0 Å². The molecule has 1 unspecified atom stereocenters. The highest BCUT2D eigenvalue weighted by Gasteiger charge is 2.25. The molecule has 0 aliphatic rings. The van der Waals surface area contributed by atoms with Crippen LogP contribution in [-0.2, 0) is 4.79 Å². The number of carbonyl (C=O) groups is 2. The van der Waals surface area contributed by atoms with Gasteiger partial charge in [-0.1, -0.05) is 31.9 Å². The molecule has 0 aromatic heterocycles. The number of halogens is 2. The van der Waals surface area contributed by atoms with Crippen molar-refractivity contribution in [3.8, 4) is 0 Å². The molecule has 5 nitrogen and oxygen atoms in total. The molecule has 3 N–H and O–H groups in total. The number of hydrogen-bond acceptors (Lipinski definition) is 2. The first kappa shape index (κ1) is 16.8. The van der Waals surface area contributed by atoms with Crippen LogP contribution in [0.15, 0.2) is 22.7 Å². The minimum absolute atomic E-state index is 0.166. The summed E-state index contributed by atoms with van der Waals surface area (Å²) in [6.45, 7) is 3.64. The van der Waals surface area contributed by atoms with E-state index in [1.165, 1.54) is 0 Å². The summed E-state index contributed by atoms with van der Waals surface area (Å²) in [5.74, 6) is -1.22. The number of amides is 2. The largest absolute Gasteiger partial charge is 0.480 e. The average molecular weight is 364 g/mol. The van der Waals surface area contributed by atoms with Gasteiger partial charge >= 0.3 is 12.0 Å². The Morgan fingerprint density at radius 1 is 1.45 bits per heavy atom. The predicted molar refractivity (Wildman–Crippen MR) is 82.2 cm³/mol. The Morgan fingerprint density at radius 3 is 2.65 bits per heavy atom. The Morgan fingerprint density at radius 2 is 2.10 bits per heavy atom. The number of benzene rings is 1. The lowest BCUT2D eigenvalue weighted by atomic mass is 9.99. The van der Waals surface area contributed by atoms with E-state index < -0.39 is 18.0 Å². The first-order valence-corrected chi connectivity index (χ1v) is 7.27. The van der Waals surface area contributed by atoms with E-state index in [1.807, 2.05) is 6.92 Å². The lowest BCUT2D eigenvalue weighted by Crippen LogP contribution is -2.46. The van der Waals surface area contributed by atoms with E-state index in [0.29, 0.717) is 21.6 Å². The maximum Gasteiger partial charge on any atom is 0.326 e. The van der Waals surface area contributed by atoms with Crippen LogP contribution in [0.25, 0.3) is 0 Å². The van der Waals surface area contributed by atoms with E-state index in [4.69, 9.17) is 16.7 Å². The third-order valence-corrected chi connectivity index (χ3v) is 3.87. The Kier molecular flexibility index (Phi) is 6.29. The zero-order valence-corrected chi connectivity index (χ0v) is 13.5. The summed E-state index contributed by atoms with van der Waals surface area (Å²) in [5, 5.41) is 14.6. The maximum atomic E-state index is 11.9.